The van der Waals surface area contributed by atoms with Crippen LogP contribution in [-0.2, 0) is 0 Å². The Kier molecular flexibility index (Phi) is 3.25. The third-order valence-corrected chi connectivity index (χ3v) is 4.78. The fourth-order valence-corrected chi connectivity index (χ4v) is 3.60. The van der Waals surface area contributed by atoms with Gasteiger partial charge in [-0.2, -0.15) is 11.3 Å². The van der Waals surface area contributed by atoms with E-state index in [-0.39, 0.29) is 5.91 Å². The van der Waals surface area contributed by atoms with E-state index in [0.717, 1.165) is 21.9 Å². The number of hydrogen-bond donors (Lipinski definition) is 1. The maximum Gasteiger partial charge on any atom is 0.256 e. The maximum absolute atomic E-state index is 12.3. The molecule has 6 heteroatoms. The molecule has 108 valence electrons. The van der Waals surface area contributed by atoms with E-state index in [1.807, 2.05) is 63.3 Å². The fraction of sp³-hybridized carbons (Fsp3) is 0. The highest BCUT2D eigenvalue weighted by atomic mass is 32.1. The van der Waals surface area contributed by atoms with Gasteiger partial charge in [0.05, 0.1) is 16.9 Å². The molecular formula is C16H11N3OS2. The van der Waals surface area contributed by atoms with Crippen molar-refractivity contribution in [3.8, 4) is 11.3 Å². The Morgan fingerprint density at radius 1 is 1.18 bits per heavy atom. The first-order chi connectivity index (χ1) is 10.8. The number of nitrogens with one attached hydrogen (secondary N) is 1. The number of thiazole rings is 1. The molecule has 4 nitrogen and oxygen atoms in total. The molecular weight excluding hydrogens is 314 g/mol. The molecule has 1 N–H and O–H groups in total. The molecule has 0 saturated carbocycles. The van der Waals surface area contributed by atoms with E-state index in [4.69, 9.17) is 0 Å². The van der Waals surface area contributed by atoms with Crippen LogP contribution in [0.15, 0.2) is 58.9 Å². The number of carbonyl (C=O) groups excluding carboxylic acids is 1. The molecule has 0 unspecified atom stereocenters. The average Bonchev–Trinajstić information content (AvgIpc) is 3.24. The van der Waals surface area contributed by atoms with E-state index >= 15 is 0 Å². The van der Waals surface area contributed by atoms with E-state index in [9.17, 15) is 4.79 Å². The van der Waals surface area contributed by atoms with Crippen LogP contribution in [0.3, 0.4) is 0 Å². The minimum atomic E-state index is -0.102. The SMILES string of the molecule is O=C(Nc1ccccc1-c1cn2ccsc2n1)c1ccsc1. The molecule has 0 bridgehead atoms. The van der Waals surface area contributed by atoms with Crippen molar-refractivity contribution in [1.82, 2.24) is 9.38 Å². The van der Waals surface area contributed by atoms with Gasteiger partial charge in [-0.05, 0) is 17.5 Å². The van der Waals surface area contributed by atoms with E-state index < -0.39 is 0 Å². The van der Waals surface area contributed by atoms with Crippen molar-refractivity contribution in [2.45, 2.75) is 0 Å². The number of benzene rings is 1. The molecule has 4 rings (SSSR count). The zero-order valence-electron chi connectivity index (χ0n) is 11.4. The molecule has 0 aliphatic carbocycles. The highest BCUT2D eigenvalue weighted by Gasteiger charge is 2.13. The molecule has 0 fully saturated rings. The number of amides is 1. The molecule has 4 aromatic rings. The Morgan fingerprint density at radius 2 is 2.09 bits per heavy atom. The molecule has 0 saturated heterocycles. The lowest BCUT2D eigenvalue weighted by atomic mass is 10.1. The zero-order chi connectivity index (χ0) is 14.9. The third-order valence-electron chi connectivity index (χ3n) is 3.33. The van der Waals surface area contributed by atoms with Crippen LogP contribution in [0.2, 0.25) is 0 Å². The fourth-order valence-electron chi connectivity index (χ4n) is 2.26. The van der Waals surface area contributed by atoms with Gasteiger partial charge in [-0.15, -0.1) is 11.3 Å². The number of hydrogen-bond acceptors (Lipinski definition) is 4. The van der Waals surface area contributed by atoms with Crippen molar-refractivity contribution in [2.24, 2.45) is 0 Å². The smallest absolute Gasteiger partial charge is 0.256 e. The van der Waals surface area contributed by atoms with Gasteiger partial charge in [-0.3, -0.25) is 9.20 Å². The molecule has 0 aliphatic heterocycles. The topological polar surface area (TPSA) is 46.4 Å². The van der Waals surface area contributed by atoms with Crippen LogP contribution in [0.1, 0.15) is 10.4 Å². The predicted molar refractivity (Wildman–Crippen MR) is 90.8 cm³/mol. The summed E-state index contributed by atoms with van der Waals surface area (Å²) in [7, 11) is 0. The largest absolute Gasteiger partial charge is 0.321 e. The van der Waals surface area contributed by atoms with E-state index in [1.54, 1.807) is 11.3 Å². The molecule has 1 amide bonds. The van der Waals surface area contributed by atoms with Crippen LogP contribution in [-0.4, -0.2) is 15.3 Å². The van der Waals surface area contributed by atoms with Crippen LogP contribution >= 0.6 is 22.7 Å². The number of rotatable bonds is 3. The molecule has 0 atom stereocenters. The van der Waals surface area contributed by atoms with Gasteiger partial charge in [-0.1, -0.05) is 18.2 Å². The molecule has 1 aromatic carbocycles. The summed E-state index contributed by atoms with van der Waals surface area (Å²) in [5, 5.41) is 8.70. The third kappa shape index (κ3) is 2.32. The lowest BCUT2D eigenvalue weighted by Gasteiger charge is -2.08. The summed E-state index contributed by atoms with van der Waals surface area (Å²) in [5.74, 6) is -0.102. The van der Waals surface area contributed by atoms with Crippen molar-refractivity contribution < 1.29 is 4.79 Å². The number of thiophene rings is 1. The lowest BCUT2D eigenvalue weighted by Crippen LogP contribution is -2.11. The van der Waals surface area contributed by atoms with Gasteiger partial charge in [0, 0.05) is 28.7 Å². The number of aromatic nitrogens is 2. The van der Waals surface area contributed by atoms with E-state index in [0.29, 0.717) is 5.56 Å². The molecule has 22 heavy (non-hydrogen) atoms. The van der Waals surface area contributed by atoms with Crippen LogP contribution in [0.4, 0.5) is 5.69 Å². The number of fused-ring (bicyclic) bond motifs is 1. The lowest BCUT2D eigenvalue weighted by molar-refractivity contribution is 0.102. The van der Waals surface area contributed by atoms with Crippen LogP contribution in [0.5, 0.6) is 0 Å². The summed E-state index contributed by atoms with van der Waals surface area (Å²) in [4.78, 5) is 17.8. The number of nitrogens with zero attached hydrogens (tertiary/aromatic N) is 2. The van der Waals surface area contributed by atoms with Gasteiger partial charge in [-0.25, -0.2) is 4.98 Å². The zero-order valence-corrected chi connectivity index (χ0v) is 13.0. The second-order valence-electron chi connectivity index (χ2n) is 4.73. The normalized spacial score (nSPS) is 10.9. The van der Waals surface area contributed by atoms with Crippen molar-refractivity contribution in [3.05, 3.63) is 64.4 Å². The number of imidazole rings is 1. The summed E-state index contributed by atoms with van der Waals surface area (Å²) in [5.41, 5.74) is 3.21. The first kappa shape index (κ1) is 13.2. The highest BCUT2D eigenvalue weighted by Crippen LogP contribution is 2.28. The second-order valence-corrected chi connectivity index (χ2v) is 6.38. The Morgan fingerprint density at radius 3 is 2.91 bits per heavy atom. The average molecular weight is 325 g/mol. The van der Waals surface area contributed by atoms with Crippen LogP contribution in [0.25, 0.3) is 16.2 Å². The van der Waals surface area contributed by atoms with Gasteiger partial charge in [0.2, 0.25) is 0 Å². The van der Waals surface area contributed by atoms with Gasteiger partial charge < -0.3 is 5.32 Å². The summed E-state index contributed by atoms with van der Waals surface area (Å²) >= 11 is 3.09. The molecule has 3 heterocycles. The van der Waals surface area contributed by atoms with Crippen molar-refractivity contribution in [1.29, 1.82) is 0 Å². The Hall–Kier alpha value is -2.44. The Labute approximate surface area is 134 Å². The maximum atomic E-state index is 12.3. The molecule has 0 radical (unpaired) electrons. The van der Waals surface area contributed by atoms with Gasteiger partial charge >= 0.3 is 0 Å². The predicted octanol–water partition coefficient (Wildman–Crippen LogP) is 4.38. The summed E-state index contributed by atoms with van der Waals surface area (Å²) < 4.78 is 1.98. The first-order valence-electron chi connectivity index (χ1n) is 6.66. The Balaban J connectivity index is 1.71. The summed E-state index contributed by atoms with van der Waals surface area (Å²) in [6.45, 7) is 0. The second kappa shape index (κ2) is 5.40. The molecule has 3 aromatic heterocycles. The molecule has 0 spiro atoms. The summed E-state index contributed by atoms with van der Waals surface area (Å²) in [6.07, 6.45) is 3.95. The highest BCUT2D eigenvalue weighted by molar-refractivity contribution is 7.15. The van der Waals surface area contributed by atoms with Gasteiger partial charge in [0.25, 0.3) is 5.91 Å². The number of para-hydroxylation sites is 1. The van der Waals surface area contributed by atoms with Crippen molar-refractivity contribution in [3.63, 3.8) is 0 Å². The van der Waals surface area contributed by atoms with E-state index in [2.05, 4.69) is 10.3 Å². The monoisotopic (exact) mass is 325 g/mol. The quantitative estimate of drug-likeness (QED) is 0.608. The van der Waals surface area contributed by atoms with E-state index in [1.165, 1.54) is 11.3 Å². The first-order valence-corrected chi connectivity index (χ1v) is 8.49. The summed E-state index contributed by atoms with van der Waals surface area (Å²) in [6, 6.07) is 9.53. The number of anilines is 1. The van der Waals surface area contributed by atoms with Gasteiger partial charge in [0.15, 0.2) is 4.96 Å². The van der Waals surface area contributed by atoms with Gasteiger partial charge in [0.1, 0.15) is 0 Å². The minimum absolute atomic E-state index is 0.102. The Bertz CT molecular complexity index is 909. The number of carbonyl (C=O) groups is 1. The van der Waals surface area contributed by atoms with Crippen molar-refractivity contribution in [2.75, 3.05) is 5.32 Å². The standard InChI is InChI=1S/C16H11N3OS2/c20-15(11-5-7-21-10-11)17-13-4-2-1-3-12(13)14-9-19-6-8-22-16(19)18-14/h1-10H,(H,17,20). The van der Waals surface area contributed by atoms with Crippen LogP contribution < -0.4 is 5.32 Å². The molecule has 0 aliphatic rings. The van der Waals surface area contributed by atoms with Crippen LogP contribution in [0, 0.1) is 0 Å². The minimum Gasteiger partial charge on any atom is -0.321 e. The van der Waals surface area contributed by atoms with Crippen molar-refractivity contribution >= 4 is 39.2 Å².